The van der Waals surface area contributed by atoms with Crippen LogP contribution in [-0.4, -0.2) is 36.5 Å². The lowest BCUT2D eigenvalue weighted by molar-refractivity contribution is 0.0709. The molecular formula is C16H24N2O2. The topological polar surface area (TPSA) is 55.6 Å². The number of nitrogens with zero attached hydrogens (tertiary/aromatic N) is 1. The second kappa shape index (κ2) is 7.29. The molecule has 1 amide bonds. The number of ether oxygens (including phenoxy) is 1. The first-order valence-corrected chi connectivity index (χ1v) is 7.48. The SMILES string of the molecule is CCCCOc1ccc(C(=O)N2CCCC(N)C2)cc1. The van der Waals surface area contributed by atoms with E-state index in [0.29, 0.717) is 12.1 Å². The van der Waals surface area contributed by atoms with Crippen molar-refractivity contribution in [2.24, 2.45) is 5.73 Å². The third kappa shape index (κ3) is 3.97. The van der Waals surface area contributed by atoms with Gasteiger partial charge in [0.2, 0.25) is 0 Å². The van der Waals surface area contributed by atoms with E-state index in [9.17, 15) is 4.79 Å². The van der Waals surface area contributed by atoms with Crippen LogP contribution < -0.4 is 10.5 Å². The van der Waals surface area contributed by atoms with Crippen molar-refractivity contribution in [3.8, 4) is 5.75 Å². The van der Waals surface area contributed by atoms with Gasteiger partial charge in [-0.3, -0.25) is 4.79 Å². The highest BCUT2D eigenvalue weighted by molar-refractivity contribution is 5.94. The second-order valence-electron chi connectivity index (χ2n) is 5.38. The van der Waals surface area contributed by atoms with Crippen molar-refractivity contribution in [3.05, 3.63) is 29.8 Å². The molecular weight excluding hydrogens is 252 g/mol. The highest BCUT2D eigenvalue weighted by Crippen LogP contribution is 2.16. The van der Waals surface area contributed by atoms with Crippen molar-refractivity contribution < 1.29 is 9.53 Å². The smallest absolute Gasteiger partial charge is 0.253 e. The number of carbonyl (C=O) groups excluding carboxylic acids is 1. The van der Waals surface area contributed by atoms with Crippen molar-refractivity contribution in [2.75, 3.05) is 19.7 Å². The lowest BCUT2D eigenvalue weighted by Gasteiger charge is -2.30. The highest BCUT2D eigenvalue weighted by Gasteiger charge is 2.22. The zero-order valence-electron chi connectivity index (χ0n) is 12.2. The summed E-state index contributed by atoms with van der Waals surface area (Å²) >= 11 is 0. The van der Waals surface area contributed by atoms with Gasteiger partial charge in [0.15, 0.2) is 0 Å². The minimum Gasteiger partial charge on any atom is -0.494 e. The Bertz CT molecular complexity index is 431. The Morgan fingerprint density at radius 1 is 1.40 bits per heavy atom. The van der Waals surface area contributed by atoms with Gasteiger partial charge < -0.3 is 15.4 Å². The van der Waals surface area contributed by atoms with E-state index >= 15 is 0 Å². The molecule has 4 nitrogen and oxygen atoms in total. The first kappa shape index (κ1) is 14.9. The van der Waals surface area contributed by atoms with Crippen LogP contribution >= 0.6 is 0 Å². The van der Waals surface area contributed by atoms with Crippen molar-refractivity contribution in [3.63, 3.8) is 0 Å². The molecule has 20 heavy (non-hydrogen) atoms. The number of nitrogens with two attached hydrogens (primary N) is 1. The lowest BCUT2D eigenvalue weighted by Crippen LogP contribution is -2.45. The molecule has 0 saturated carbocycles. The summed E-state index contributed by atoms with van der Waals surface area (Å²) in [4.78, 5) is 14.2. The number of unbranched alkanes of at least 4 members (excludes halogenated alkanes) is 1. The molecule has 4 heteroatoms. The van der Waals surface area contributed by atoms with Crippen LogP contribution in [-0.2, 0) is 0 Å². The molecule has 110 valence electrons. The van der Waals surface area contributed by atoms with Crippen molar-refractivity contribution in [1.82, 2.24) is 4.90 Å². The van der Waals surface area contributed by atoms with Gasteiger partial charge in [-0.25, -0.2) is 0 Å². The van der Waals surface area contributed by atoms with E-state index in [-0.39, 0.29) is 11.9 Å². The number of likely N-dealkylation sites (tertiary alicyclic amines) is 1. The second-order valence-corrected chi connectivity index (χ2v) is 5.38. The fourth-order valence-corrected chi connectivity index (χ4v) is 2.41. The first-order valence-electron chi connectivity index (χ1n) is 7.48. The van der Waals surface area contributed by atoms with E-state index in [2.05, 4.69) is 6.92 Å². The minimum atomic E-state index is 0.0697. The number of hydrogen-bond donors (Lipinski definition) is 1. The van der Waals surface area contributed by atoms with Crippen LogP contribution in [0, 0.1) is 0 Å². The van der Waals surface area contributed by atoms with Crippen LogP contribution in [0.5, 0.6) is 5.75 Å². The fraction of sp³-hybridized carbons (Fsp3) is 0.562. The molecule has 1 aliphatic heterocycles. The van der Waals surface area contributed by atoms with Gasteiger partial charge in [-0.15, -0.1) is 0 Å². The molecule has 1 heterocycles. The average Bonchev–Trinajstić information content (AvgIpc) is 2.47. The van der Waals surface area contributed by atoms with Gasteiger partial charge in [-0.2, -0.15) is 0 Å². The highest BCUT2D eigenvalue weighted by atomic mass is 16.5. The zero-order valence-corrected chi connectivity index (χ0v) is 12.2. The Morgan fingerprint density at radius 3 is 2.80 bits per heavy atom. The van der Waals surface area contributed by atoms with E-state index < -0.39 is 0 Å². The third-order valence-corrected chi connectivity index (χ3v) is 3.61. The van der Waals surface area contributed by atoms with Crippen LogP contribution in [0.1, 0.15) is 43.0 Å². The fourth-order valence-electron chi connectivity index (χ4n) is 2.41. The molecule has 1 unspecified atom stereocenters. The Morgan fingerprint density at radius 2 is 2.15 bits per heavy atom. The molecule has 1 aromatic rings. The van der Waals surface area contributed by atoms with E-state index in [4.69, 9.17) is 10.5 Å². The molecule has 1 fully saturated rings. The molecule has 1 aliphatic rings. The minimum absolute atomic E-state index is 0.0697. The molecule has 2 N–H and O–H groups in total. The van der Waals surface area contributed by atoms with Crippen LogP contribution in [0.2, 0.25) is 0 Å². The quantitative estimate of drug-likeness (QED) is 0.840. The van der Waals surface area contributed by atoms with Gasteiger partial charge in [0.25, 0.3) is 5.91 Å². The van der Waals surface area contributed by atoms with E-state index in [0.717, 1.165) is 44.6 Å². The predicted octanol–water partition coefficient (Wildman–Crippen LogP) is 2.43. The summed E-state index contributed by atoms with van der Waals surface area (Å²) in [6.07, 6.45) is 4.16. The number of rotatable bonds is 5. The molecule has 1 aromatic carbocycles. The Balaban J connectivity index is 1.93. The van der Waals surface area contributed by atoms with Crippen molar-refractivity contribution in [1.29, 1.82) is 0 Å². The molecule has 0 aromatic heterocycles. The van der Waals surface area contributed by atoms with Gasteiger partial charge >= 0.3 is 0 Å². The molecule has 0 aliphatic carbocycles. The Labute approximate surface area is 120 Å². The average molecular weight is 276 g/mol. The largest absolute Gasteiger partial charge is 0.494 e. The summed E-state index contributed by atoms with van der Waals surface area (Å²) in [6.45, 7) is 4.33. The number of amides is 1. The summed E-state index contributed by atoms with van der Waals surface area (Å²) in [7, 11) is 0. The maximum atomic E-state index is 12.3. The number of hydrogen-bond acceptors (Lipinski definition) is 3. The molecule has 1 atom stereocenters. The number of benzene rings is 1. The summed E-state index contributed by atoms with van der Waals surface area (Å²) in [5.74, 6) is 0.894. The monoisotopic (exact) mass is 276 g/mol. The predicted molar refractivity (Wildman–Crippen MR) is 80.0 cm³/mol. The number of piperidine rings is 1. The summed E-state index contributed by atoms with van der Waals surface area (Å²) in [5, 5.41) is 0. The van der Waals surface area contributed by atoms with Crippen molar-refractivity contribution in [2.45, 2.75) is 38.6 Å². The molecule has 0 spiro atoms. The number of carbonyl (C=O) groups is 1. The van der Waals surface area contributed by atoms with Crippen LogP contribution in [0.15, 0.2) is 24.3 Å². The van der Waals surface area contributed by atoms with Gasteiger partial charge in [0, 0.05) is 24.7 Å². The first-order chi connectivity index (χ1) is 9.70. The molecule has 2 rings (SSSR count). The van der Waals surface area contributed by atoms with Gasteiger partial charge in [0.1, 0.15) is 5.75 Å². The van der Waals surface area contributed by atoms with Crippen LogP contribution in [0.3, 0.4) is 0 Å². The van der Waals surface area contributed by atoms with Gasteiger partial charge in [-0.1, -0.05) is 13.3 Å². The van der Waals surface area contributed by atoms with Gasteiger partial charge in [0.05, 0.1) is 6.61 Å². The summed E-state index contributed by atoms with van der Waals surface area (Å²) < 4.78 is 5.60. The standard InChI is InChI=1S/C16H24N2O2/c1-2-3-11-20-15-8-6-13(7-9-15)16(19)18-10-4-5-14(17)12-18/h6-9,14H,2-5,10-12,17H2,1H3. The molecule has 1 saturated heterocycles. The van der Waals surface area contributed by atoms with E-state index in [1.165, 1.54) is 0 Å². The lowest BCUT2D eigenvalue weighted by atomic mass is 10.1. The normalized spacial score (nSPS) is 18.9. The Hall–Kier alpha value is -1.55. The van der Waals surface area contributed by atoms with E-state index in [1.807, 2.05) is 29.2 Å². The molecule has 0 radical (unpaired) electrons. The van der Waals surface area contributed by atoms with E-state index in [1.54, 1.807) is 0 Å². The zero-order chi connectivity index (χ0) is 14.4. The summed E-state index contributed by atoms with van der Waals surface area (Å²) in [5.41, 5.74) is 6.63. The van der Waals surface area contributed by atoms with Crippen LogP contribution in [0.25, 0.3) is 0 Å². The third-order valence-electron chi connectivity index (χ3n) is 3.61. The molecule has 0 bridgehead atoms. The van der Waals surface area contributed by atoms with Gasteiger partial charge in [-0.05, 0) is 43.5 Å². The van der Waals surface area contributed by atoms with Crippen molar-refractivity contribution >= 4 is 5.91 Å². The maximum Gasteiger partial charge on any atom is 0.253 e. The maximum absolute atomic E-state index is 12.3. The Kier molecular flexibility index (Phi) is 5.41. The summed E-state index contributed by atoms with van der Waals surface area (Å²) in [6, 6.07) is 7.52. The van der Waals surface area contributed by atoms with Crippen LogP contribution in [0.4, 0.5) is 0 Å².